The second-order valence-electron chi connectivity index (χ2n) is 4.73. The highest BCUT2D eigenvalue weighted by Gasteiger charge is 2.37. The molecule has 1 N–H and O–H groups in total. The van der Waals surface area contributed by atoms with E-state index in [1.807, 2.05) is 0 Å². The molecular weight excluding hydrogens is 257 g/mol. The van der Waals surface area contributed by atoms with Crippen molar-refractivity contribution in [2.24, 2.45) is 0 Å². The van der Waals surface area contributed by atoms with Crippen LogP contribution in [0.2, 0.25) is 0 Å². The number of pyridine rings is 1. The van der Waals surface area contributed by atoms with Crippen molar-refractivity contribution < 1.29 is 18.3 Å². The van der Waals surface area contributed by atoms with Crippen molar-refractivity contribution in [2.75, 3.05) is 18.1 Å². The van der Waals surface area contributed by atoms with Gasteiger partial charge in [-0.15, -0.1) is 0 Å². The van der Waals surface area contributed by atoms with Gasteiger partial charge in [-0.05, 0) is 25.0 Å². The summed E-state index contributed by atoms with van der Waals surface area (Å²) < 4.78 is 39.0. The van der Waals surface area contributed by atoms with Crippen molar-refractivity contribution in [3.8, 4) is 0 Å². The van der Waals surface area contributed by atoms with Crippen LogP contribution >= 0.6 is 0 Å². The first-order chi connectivity index (χ1) is 9.04. The van der Waals surface area contributed by atoms with Crippen molar-refractivity contribution >= 4 is 5.82 Å². The Bertz CT molecular complexity index is 417. The molecule has 1 aliphatic carbocycles. The lowest BCUT2D eigenvalue weighted by Gasteiger charge is -2.31. The molecule has 1 aromatic rings. The minimum absolute atomic E-state index is 0.0446. The summed E-state index contributed by atoms with van der Waals surface area (Å²) in [5.74, 6) is -0.0593. The van der Waals surface area contributed by atoms with Gasteiger partial charge in [-0.1, -0.05) is 12.8 Å². The van der Waals surface area contributed by atoms with Crippen molar-refractivity contribution in [1.82, 2.24) is 4.98 Å². The average Bonchev–Trinajstić information content (AvgIpc) is 2.88. The van der Waals surface area contributed by atoms with Gasteiger partial charge in [-0.2, -0.15) is 13.2 Å². The lowest BCUT2D eigenvalue weighted by atomic mass is 10.1. The van der Waals surface area contributed by atoms with Gasteiger partial charge in [0.05, 0.1) is 12.2 Å². The molecule has 1 aliphatic rings. The Morgan fingerprint density at radius 3 is 2.58 bits per heavy atom. The molecule has 0 radical (unpaired) electrons. The highest BCUT2D eigenvalue weighted by molar-refractivity contribution is 5.49. The van der Waals surface area contributed by atoms with Crippen LogP contribution in [0.5, 0.6) is 0 Å². The van der Waals surface area contributed by atoms with Gasteiger partial charge in [0, 0.05) is 18.8 Å². The van der Waals surface area contributed by atoms with Crippen molar-refractivity contribution in [2.45, 2.75) is 37.9 Å². The van der Waals surface area contributed by atoms with Gasteiger partial charge in [0.1, 0.15) is 5.82 Å². The van der Waals surface area contributed by atoms with Gasteiger partial charge in [0.2, 0.25) is 0 Å². The van der Waals surface area contributed by atoms with Gasteiger partial charge in [0.25, 0.3) is 0 Å². The van der Waals surface area contributed by atoms with Crippen molar-refractivity contribution in [3.05, 3.63) is 23.9 Å². The summed E-state index contributed by atoms with van der Waals surface area (Å²) in [6.07, 6.45) is 0.684. The van der Waals surface area contributed by atoms with Crippen molar-refractivity contribution in [3.63, 3.8) is 0 Å². The first kappa shape index (κ1) is 14.1. The highest BCUT2D eigenvalue weighted by Crippen LogP contribution is 2.37. The number of hydrogen-bond acceptors (Lipinski definition) is 3. The molecule has 3 nitrogen and oxygen atoms in total. The molecule has 19 heavy (non-hydrogen) atoms. The Morgan fingerprint density at radius 2 is 2.00 bits per heavy atom. The zero-order valence-corrected chi connectivity index (χ0v) is 10.5. The smallest absolute Gasteiger partial charge is 0.395 e. The number of hydrogen-bond donors (Lipinski definition) is 1. The van der Waals surface area contributed by atoms with E-state index in [9.17, 15) is 13.2 Å². The number of alkyl halides is 3. The first-order valence-corrected chi connectivity index (χ1v) is 6.43. The average molecular weight is 274 g/mol. The predicted molar refractivity (Wildman–Crippen MR) is 65.9 cm³/mol. The Hall–Kier alpha value is -1.30. The number of rotatable bonds is 4. The van der Waals surface area contributed by atoms with Gasteiger partial charge in [-0.3, -0.25) is 0 Å². The van der Waals surface area contributed by atoms with Crippen LogP contribution in [0, 0.1) is 0 Å². The van der Waals surface area contributed by atoms with Crippen molar-refractivity contribution in [1.29, 1.82) is 0 Å². The van der Waals surface area contributed by atoms with Crippen LogP contribution in [-0.4, -0.2) is 29.3 Å². The number of aliphatic hydroxyl groups excluding tert-OH is 1. The number of halogens is 3. The van der Waals surface area contributed by atoms with Gasteiger partial charge >= 0.3 is 6.18 Å². The second-order valence-corrected chi connectivity index (χ2v) is 4.73. The molecule has 1 fully saturated rings. The molecule has 6 heteroatoms. The van der Waals surface area contributed by atoms with E-state index in [1.165, 1.54) is 12.3 Å². The van der Waals surface area contributed by atoms with Gasteiger partial charge in [-0.25, -0.2) is 4.98 Å². The maximum absolute atomic E-state index is 13.0. The predicted octanol–water partition coefficient (Wildman–Crippen LogP) is 2.84. The molecule has 2 rings (SSSR count). The van der Waals surface area contributed by atoms with E-state index in [0.29, 0.717) is 0 Å². The fraction of sp³-hybridized carbons (Fsp3) is 0.615. The number of anilines is 1. The van der Waals surface area contributed by atoms with E-state index < -0.39 is 11.7 Å². The van der Waals surface area contributed by atoms with Crippen LogP contribution in [0.15, 0.2) is 18.3 Å². The Morgan fingerprint density at radius 1 is 1.32 bits per heavy atom. The van der Waals surface area contributed by atoms with Crippen LogP contribution in [0.4, 0.5) is 19.0 Å². The van der Waals surface area contributed by atoms with Crippen LogP contribution in [0.1, 0.15) is 31.2 Å². The summed E-state index contributed by atoms with van der Waals surface area (Å²) in [6, 6.07) is 2.38. The van der Waals surface area contributed by atoms with E-state index in [4.69, 9.17) is 5.11 Å². The first-order valence-electron chi connectivity index (χ1n) is 6.43. The van der Waals surface area contributed by atoms with E-state index in [0.717, 1.165) is 31.7 Å². The Balaban J connectivity index is 2.35. The molecule has 0 atom stereocenters. The highest BCUT2D eigenvalue weighted by atomic mass is 19.4. The molecule has 0 unspecified atom stereocenters. The van der Waals surface area contributed by atoms with Crippen LogP contribution in [0.3, 0.4) is 0 Å². The summed E-state index contributed by atoms with van der Waals surface area (Å²) in [4.78, 5) is 5.51. The third kappa shape index (κ3) is 3.18. The molecule has 0 aromatic carbocycles. The van der Waals surface area contributed by atoms with Gasteiger partial charge in [0.15, 0.2) is 0 Å². The summed E-state index contributed by atoms with van der Waals surface area (Å²) in [5, 5.41) is 9.10. The van der Waals surface area contributed by atoms with E-state index in [2.05, 4.69) is 4.98 Å². The molecule has 1 saturated carbocycles. The molecule has 0 bridgehead atoms. The number of aromatic nitrogens is 1. The lowest BCUT2D eigenvalue weighted by molar-refractivity contribution is -0.137. The van der Waals surface area contributed by atoms with E-state index in [-0.39, 0.29) is 25.0 Å². The van der Waals surface area contributed by atoms with E-state index in [1.54, 1.807) is 4.90 Å². The third-order valence-corrected chi connectivity index (χ3v) is 3.47. The minimum Gasteiger partial charge on any atom is -0.395 e. The Labute approximate surface area is 110 Å². The summed E-state index contributed by atoms with van der Waals surface area (Å²) in [5.41, 5.74) is -0.727. The van der Waals surface area contributed by atoms with Gasteiger partial charge < -0.3 is 10.0 Å². The summed E-state index contributed by atoms with van der Waals surface area (Å²) >= 11 is 0. The number of nitrogens with zero attached hydrogens (tertiary/aromatic N) is 2. The fourth-order valence-electron chi connectivity index (χ4n) is 2.63. The SMILES string of the molecule is OCCN(c1ncccc1C(F)(F)F)C1CCCC1. The molecule has 0 spiro atoms. The monoisotopic (exact) mass is 274 g/mol. The maximum Gasteiger partial charge on any atom is 0.419 e. The summed E-state index contributed by atoms with van der Waals surface area (Å²) in [6.45, 7) is 0.00906. The molecule has 0 saturated heterocycles. The largest absolute Gasteiger partial charge is 0.419 e. The summed E-state index contributed by atoms with van der Waals surface area (Å²) in [7, 11) is 0. The number of aliphatic hydroxyl groups is 1. The molecule has 0 amide bonds. The third-order valence-electron chi connectivity index (χ3n) is 3.47. The normalized spacial score (nSPS) is 16.8. The zero-order valence-electron chi connectivity index (χ0n) is 10.5. The Kier molecular flexibility index (Phi) is 4.29. The lowest BCUT2D eigenvalue weighted by Crippen LogP contribution is -2.37. The molecule has 1 heterocycles. The zero-order chi connectivity index (χ0) is 13.9. The fourth-order valence-corrected chi connectivity index (χ4v) is 2.63. The van der Waals surface area contributed by atoms with E-state index >= 15 is 0 Å². The van der Waals surface area contributed by atoms with Crippen LogP contribution < -0.4 is 4.90 Å². The topological polar surface area (TPSA) is 36.4 Å². The molecule has 0 aliphatic heterocycles. The maximum atomic E-state index is 13.0. The molecule has 1 aromatic heterocycles. The standard InChI is InChI=1S/C13H17F3N2O/c14-13(15,16)11-6-3-7-17-12(11)18(8-9-19)10-4-1-2-5-10/h3,6-7,10,19H,1-2,4-5,8-9H2. The van der Waals surface area contributed by atoms with Crippen LogP contribution in [0.25, 0.3) is 0 Å². The molecule has 106 valence electrons. The quantitative estimate of drug-likeness (QED) is 0.917. The molecular formula is C13H17F3N2O. The van der Waals surface area contributed by atoms with Crippen LogP contribution in [-0.2, 0) is 6.18 Å². The minimum atomic E-state index is -4.42. The second kappa shape index (κ2) is 5.77.